The highest BCUT2D eigenvalue weighted by Gasteiger charge is 2.34. The number of carboxylic acid groups (broad SMARTS) is 1. The molecule has 2 atom stereocenters. The number of amides is 1. The van der Waals surface area contributed by atoms with Crippen molar-refractivity contribution in [3.63, 3.8) is 0 Å². The van der Waals surface area contributed by atoms with Crippen LogP contribution in [0.25, 0.3) is 0 Å². The van der Waals surface area contributed by atoms with E-state index >= 15 is 0 Å². The highest BCUT2D eigenvalue weighted by molar-refractivity contribution is 5.84. The monoisotopic (exact) mass is 240 g/mol. The van der Waals surface area contributed by atoms with Crippen LogP contribution < -0.4 is 5.11 Å². The first kappa shape index (κ1) is 12.4. The average Bonchev–Trinajstić information content (AvgIpc) is 2.39. The first-order valence-corrected chi connectivity index (χ1v) is 6.27. The predicted octanol–water partition coefficient (Wildman–Crippen LogP) is -0.598. The number of nitrogens with zero attached hydrogens (tertiary/aromatic N) is 1. The molecule has 0 bridgehead atoms. The van der Waals surface area contributed by atoms with Crippen molar-refractivity contribution in [2.75, 3.05) is 26.3 Å². The van der Waals surface area contributed by atoms with Crippen LogP contribution in [0.2, 0.25) is 0 Å². The molecule has 1 saturated heterocycles. The molecular weight excluding hydrogens is 222 g/mol. The third-order valence-electron chi connectivity index (χ3n) is 3.71. The van der Waals surface area contributed by atoms with Gasteiger partial charge in [0.2, 0.25) is 5.91 Å². The van der Waals surface area contributed by atoms with Gasteiger partial charge in [-0.25, -0.2) is 0 Å². The molecular formula is C12H18NO4-. The molecule has 0 aromatic heterocycles. The molecule has 1 heterocycles. The van der Waals surface area contributed by atoms with Gasteiger partial charge in [0.15, 0.2) is 0 Å². The van der Waals surface area contributed by atoms with Gasteiger partial charge < -0.3 is 19.5 Å². The van der Waals surface area contributed by atoms with Crippen LogP contribution in [0.1, 0.15) is 25.7 Å². The molecule has 17 heavy (non-hydrogen) atoms. The van der Waals surface area contributed by atoms with E-state index < -0.39 is 11.9 Å². The number of hydrogen-bond donors (Lipinski definition) is 0. The maximum absolute atomic E-state index is 12.2. The lowest BCUT2D eigenvalue weighted by Gasteiger charge is -2.36. The number of carbonyl (C=O) groups excluding carboxylic acids is 2. The second-order valence-corrected chi connectivity index (χ2v) is 4.75. The van der Waals surface area contributed by atoms with Crippen molar-refractivity contribution in [2.45, 2.75) is 25.7 Å². The van der Waals surface area contributed by atoms with Gasteiger partial charge >= 0.3 is 0 Å². The second kappa shape index (κ2) is 5.49. The topological polar surface area (TPSA) is 69.7 Å². The Bertz CT molecular complexity index is 299. The SMILES string of the molecule is O=C([O-])[C@@H]1CCCC[C@@H]1C(=O)N1CCOCC1. The lowest BCUT2D eigenvalue weighted by molar-refractivity contribution is -0.314. The van der Waals surface area contributed by atoms with Gasteiger partial charge in [-0.05, 0) is 12.8 Å². The summed E-state index contributed by atoms with van der Waals surface area (Å²) in [4.78, 5) is 25.0. The molecule has 2 rings (SSSR count). The third-order valence-corrected chi connectivity index (χ3v) is 3.71. The first-order chi connectivity index (χ1) is 8.20. The number of aliphatic carboxylic acids is 1. The first-order valence-electron chi connectivity index (χ1n) is 6.27. The van der Waals surface area contributed by atoms with Gasteiger partial charge in [-0.2, -0.15) is 0 Å². The second-order valence-electron chi connectivity index (χ2n) is 4.75. The van der Waals surface area contributed by atoms with E-state index in [0.29, 0.717) is 39.1 Å². The molecule has 1 saturated carbocycles. The molecule has 1 aliphatic heterocycles. The maximum atomic E-state index is 12.2. The zero-order valence-electron chi connectivity index (χ0n) is 9.89. The summed E-state index contributed by atoms with van der Waals surface area (Å²) < 4.78 is 5.19. The number of carbonyl (C=O) groups is 2. The zero-order valence-corrected chi connectivity index (χ0v) is 9.89. The van der Waals surface area contributed by atoms with E-state index in [2.05, 4.69) is 0 Å². The summed E-state index contributed by atoms with van der Waals surface area (Å²) in [6, 6.07) is 0. The smallest absolute Gasteiger partial charge is 0.226 e. The van der Waals surface area contributed by atoms with E-state index in [-0.39, 0.29) is 11.8 Å². The van der Waals surface area contributed by atoms with E-state index in [1.54, 1.807) is 4.90 Å². The van der Waals surface area contributed by atoms with Gasteiger partial charge in [0, 0.05) is 30.9 Å². The van der Waals surface area contributed by atoms with Crippen LogP contribution in [0.3, 0.4) is 0 Å². The maximum Gasteiger partial charge on any atom is 0.226 e. The molecule has 5 heteroatoms. The molecule has 0 aromatic carbocycles. The van der Waals surface area contributed by atoms with Crippen LogP contribution >= 0.6 is 0 Å². The fraction of sp³-hybridized carbons (Fsp3) is 0.833. The summed E-state index contributed by atoms with van der Waals surface area (Å²) in [5.74, 6) is -2.08. The van der Waals surface area contributed by atoms with Gasteiger partial charge in [0.05, 0.1) is 13.2 Å². The quantitative estimate of drug-likeness (QED) is 0.646. The van der Waals surface area contributed by atoms with Crippen molar-refractivity contribution in [1.82, 2.24) is 4.90 Å². The van der Waals surface area contributed by atoms with Crippen LogP contribution in [-0.4, -0.2) is 43.1 Å². The molecule has 1 aliphatic carbocycles. The Kier molecular flexibility index (Phi) is 3.99. The van der Waals surface area contributed by atoms with Gasteiger partial charge in [-0.1, -0.05) is 12.8 Å². The third kappa shape index (κ3) is 2.77. The summed E-state index contributed by atoms with van der Waals surface area (Å²) >= 11 is 0. The van der Waals surface area contributed by atoms with Crippen LogP contribution in [0.5, 0.6) is 0 Å². The molecule has 2 aliphatic rings. The number of hydrogen-bond acceptors (Lipinski definition) is 4. The highest BCUT2D eigenvalue weighted by Crippen LogP contribution is 2.31. The van der Waals surface area contributed by atoms with Crippen LogP contribution in [0, 0.1) is 11.8 Å². The molecule has 5 nitrogen and oxygen atoms in total. The van der Waals surface area contributed by atoms with E-state index in [9.17, 15) is 14.7 Å². The minimum atomic E-state index is -1.07. The lowest BCUT2D eigenvalue weighted by atomic mass is 9.78. The van der Waals surface area contributed by atoms with E-state index in [4.69, 9.17) is 4.74 Å². The van der Waals surface area contributed by atoms with Crippen molar-refractivity contribution >= 4 is 11.9 Å². The molecule has 0 unspecified atom stereocenters. The van der Waals surface area contributed by atoms with Gasteiger partial charge in [0.1, 0.15) is 0 Å². The van der Waals surface area contributed by atoms with Crippen LogP contribution in [0.15, 0.2) is 0 Å². The van der Waals surface area contributed by atoms with Crippen molar-refractivity contribution in [3.05, 3.63) is 0 Å². The van der Waals surface area contributed by atoms with Crippen molar-refractivity contribution in [3.8, 4) is 0 Å². The fourth-order valence-electron chi connectivity index (χ4n) is 2.73. The molecule has 1 amide bonds. The average molecular weight is 240 g/mol. The Morgan fingerprint density at radius 2 is 1.65 bits per heavy atom. The van der Waals surface area contributed by atoms with Crippen LogP contribution in [0.4, 0.5) is 0 Å². The fourth-order valence-corrected chi connectivity index (χ4v) is 2.73. The molecule has 0 N–H and O–H groups in total. The molecule has 2 fully saturated rings. The normalized spacial score (nSPS) is 30.0. The summed E-state index contributed by atoms with van der Waals surface area (Å²) in [6.07, 6.45) is 3.06. The largest absolute Gasteiger partial charge is 0.550 e. The zero-order chi connectivity index (χ0) is 12.3. The lowest BCUT2D eigenvalue weighted by Crippen LogP contribution is -2.49. The summed E-state index contributed by atoms with van der Waals surface area (Å²) in [6.45, 7) is 2.26. The summed E-state index contributed by atoms with van der Waals surface area (Å²) in [5.41, 5.74) is 0. The van der Waals surface area contributed by atoms with Crippen molar-refractivity contribution < 1.29 is 19.4 Å². The van der Waals surface area contributed by atoms with E-state index in [1.807, 2.05) is 0 Å². The van der Waals surface area contributed by atoms with Gasteiger partial charge in [-0.15, -0.1) is 0 Å². The minimum Gasteiger partial charge on any atom is -0.550 e. The molecule has 0 radical (unpaired) electrons. The molecule has 0 aromatic rings. The number of rotatable bonds is 2. The Morgan fingerprint density at radius 1 is 1.06 bits per heavy atom. The van der Waals surface area contributed by atoms with E-state index in [1.165, 1.54) is 0 Å². The predicted molar refractivity (Wildman–Crippen MR) is 57.9 cm³/mol. The van der Waals surface area contributed by atoms with Gasteiger partial charge in [-0.3, -0.25) is 4.79 Å². The Hall–Kier alpha value is -1.10. The van der Waals surface area contributed by atoms with Crippen LogP contribution in [-0.2, 0) is 14.3 Å². The molecule has 96 valence electrons. The Balaban J connectivity index is 2.02. The standard InChI is InChI=1S/C12H19NO4/c14-11(13-5-7-17-8-6-13)9-3-1-2-4-10(9)12(15)16/h9-10H,1-8H2,(H,15,16)/p-1/t9-,10+/m0/s1. The minimum absolute atomic E-state index is 0.0257. The van der Waals surface area contributed by atoms with E-state index in [0.717, 1.165) is 12.8 Å². The van der Waals surface area contributed by atoms with Crippen molar-refractivity contribution in [2.24, 2.45) is 11.8 Å². The summed E-state index contributed by atoms with van der Waals surface area (Å²) in [7, 11) is 0. The highest BCUT2D eigenvalue weighted by atomic mass is 16.5. The van der Waals surface area contributed by atoms with Gasteiger partial charge in [0.25, 0.3) is 0 Å². The number of morpholine rings is 1. The Morgan fingerprint density at radius 3 is 2.24 bits per heavy atom. The number of carboxylic acids is 1. The van der Waals surface area contributed by atoms with Crippen molar-refractivity contribution in [1.29, 1.82) is 0 Å². The number of ether oxygens (including phenoxy) is 1. The summed E-state index contributed by atoms with van der Waals surface area (Å²) in [5, 5.41) is 11.0. The molecule has 0 spiro atoms. The Labute approximate surface area is 101 Å².